The molecular weight excluding hydrogens is 295 g/mol. The number of hydrogen-bond donors (Lipinski definition) is 2. The van der Waals surface area contributed by atoms with Gasteiger partial charge < -0.3 is 19.9 Å². The Bertz CT molecular complexity index is 754. The Morgan fingerprint density at radius 1 is 0.783 bits per heavy atom. The highest BCUT2D eigenvalue weighted by atomic mass is 16.6. The Balaban J connectivity index is 1.38. The first-order chi connectivity index (χ1) is 11.2. The fraction of sp³-hybridized carbons (Fsp3) is 0.125. The molecule has 2 aromatic rings. The summed E-state index contributed by atoms with van der Waals surface area (Å²) in [5.41, 5.74) is 3.44. The Labute approximate surface area is 133 Å². The molecule has 0 aliphatic carbocycles. The summed E-state index contributed by atoms with van der Waals surface area (Å²) in [6.07, 6.45) is 0.799. The number of amides is 2. The summed E-state index contributed by atoms with van der Waals surface area (Å²) >= 11 is 0. The van der Waals surface area contributed by atoms with E-state index in [0.29, 0.717) is 24.3 Å². The van der Waals surface area contributed by atoms with Crippen molar-refractivity contribution in [2.45, 2.75) is 12.8 Å². The highest BCUT2D eigenvalue weighted by Gasteiger charge is 2.19. The van der Waals surface area contributed by atoms with Crippen molar-refractivity contribution in [3.05, 3.63) is 47.5 Å². The van der Waals surface area contributed by atoms with Gasteiger partial charge in [0.15, 0.2) is 0 Å². The van der Waals surface area contributed by atoms with E-state index in [1.807, 2.05) is 12.1 Å². The van der Waals surface area contributed by atoms with E-state index in [1.165, 1.54) is 7.69 Å². The lowest BCUT2D eigenvalue weighted by molar-refractivity contribution is -0.115. The third-order valence-corrected chi connectivity index (χ3v) is 3.78. The zero-order valence-corrected chi connectivity index (χ0v) is 12.1. The van der Waals surface area contributed by atoms with E-state index in [2.05, 4.69) is 10.6 Å². The lowest BCUT2D eigenvalue weighted by Gasteiger charge is -2.09. The second kappa shape index (κ2) is 5.35. The van der Waals surface area contributed by atoms with Gasteiger partial charge in [-0.2, -0.15) is 0 Å². The molecule has 0 bridgehead atoms. The van der Waals surface area contributed by atoms with Crippen LogP contribution in [-0.4, -0.2) is 19.5 Å². The van der Waals surface area contributed by atoms with Crippen molar-refractivity contribution in [1.82, 2.24) is 0 Å². The molecule has 2 aliphatic heterocycles. The predicted molar refractivity (Wildman–Crippen MR) is 84.6 cm³/mol. The van der Waals surface area contributed by atoms with E-state index in [1.54, 1.807) is 24.3 Å². The Morgan fingerprint density at radius 2 is 1.26 bits per heavy atom. The molecule has 113 valence electrons. The van der Waals surface area contributed by atoms with Crippen molar-refractivity contribution in [3.63, 3.8) is 0 Å². The monoisotopic (exact) mass is 307 g/mol. The molecule has 2 N–H and O–H groups in total. The van der Waals surface area contributed by atoms with Crippen LogP contribution in [0.3, 0.4) is 0 Å². The van der Waals surface area contributed by atoms with Gasteiger partial charge in [-0.05, 0) is 23.3 Å². The lowest BCUT2D eigenvalue weighted by Crippen LogP contribution is -2.11. The average Bonchev–Trinajstić information content (AvgIpc) is 3.06. The van der Waals surface area contributed by atoms with Gasteiger partial charge in [-0.25, -0.2) is 0 Å². The molecule has 0 saturated heterocycles. The molecule has 23 heavy (non-hydrogen) atoms. The number of hydrogen-bond acceptors (Lipinski definition) is 4. The SMILES string of the molecule is O=C1Cc2ccc(O[B]Oc3ccc4c(c3)NC(=O)C4)cc2N1. The zero-order valence-electron chi connectivity index (χ0n) is 12.1. The summed E-state index contributed by atoms with van der Waals surface area (Å²) < 4.78 is 10.9. The average molecular weight is 307 g/mol. The molecule has 4 rings (SSSR count). The first kappa shape index (κ1) is 13.7. The Kier molecular flexibility index (Phi) is 3.18. The molecule has 7 heteroatoms. The van der Waals surface area contributed by atoms with Crippen LogP contribution in [0, 0.1) is 0 Å². The second-order valence-corrected chi connectivity index (χ2v) is 5.42. The van der Waals surface area contributed by atoms with Crippen molar-refractivity contribution in [1.29, 1.82) is 0 Å². The molecule has 2 aliphatic rings. The van der Waals surface area contributed by atoms with Crippen molar-refractivity contribution in [2.24, 2.45) is 0 Å². The molecule has 2 aromatic carbocycles. The fourth-order valence-electron chi connectivity index (χ4n) is 2.67. The molecule has 2 amide bonds. The van der Waals surface area contributed by atoms with Crippen molar-refractivity contribution in [2.75, 3.05) is 10.6 Å². The van der Waals surface area contributed by atoms with Crippen LogP contribution in [0.1, 0.15) is 11.1 Å². The van der Waals surface area contributed by atoms with E-state index >= 15 is 0 Å². The Hall–Kier alpha value is -2.96. The quantitative estimate of drug-likeness (QED) is 0.842. The van der Waals surface area contributed by atoms with Crippen LogP contribution in [0.15, 0.2) is 36.4 Å². The van der Waals surface area contributed by atoms with E-state index in [9.17, 15) is 9.59 Å². The van der Waals surface area contributed by atoms with E-state index < -0.39 is 0 Å². The zero-order chi connectivity index (χ0) is 15.8. The number of carbonyl (C=O) groups is 2. The van der Waals surface area contributed by atoms with Gasteiger partial charge in [0.25, 0.3) is 0 Å². The largest absolute Gasteiger partial charge is 0.658 e. The van der Waals surface area contributed by atoms with Gasteiger partial charge in [0.2, 0.25) is 11.8 Å². The number of rotatable bonds is 4. The summed E-state index contributed by atoms with van der Waals surface area (Å²) in [6, 6.07) is 10.8. The minimum absolute atomic E-state index is 0.0161. The molecule has 1 radical (unpaired) electrons. The number of fused-ring (bicyclic) bond motifs is 2. The minimum atomic E-state index is -0.0161. The van der Waals surface area contributed by atoms with Crippen LogP contribution in [0.25, 0.3) is 0 Å². The third kappa shape index (κ3) is 2.73. The molecule has 0 unspecified atom stereocenters. The van der Waals surface area contributed by atoms with Crippen LogP contribution >= 0.6 is 0 Å². The molecule has 0 spiro atoms. The van der Waals surface area contributed by atoms with E-state index in [-0.39, 0.29) is 11.8 Å². The van der Waals surface area contributed by atoms with Crippen molar-refractivity contribution >= 4 is 30.9 Å². The number of benzene rings is 2. The third-order valence-electron chi connectivity index (χ3n) is 3.78. The van der Waals surface area contributed by atoms with Crippen LogP contribution in [0.4, 0.5) is 11.4 Å². The standard InChI is InChI=1S/C16H12BN2O4/c20-15-5-9-1-3-11(7-13(9)18-15)22-17-23-12-4-2-10-6-16(21)19-14(10)8-12/h1-4,7-8H,5-6H2,(H,18,20)(H,19,21). The predicted octanol–water partition coefficient (Wildman–Crippen LogP) is 1.67. The molecule has 0 atom stereocenters. The van der Waals surface area contributed by atoms with Crippen LogP contribution in [0.5, 0.6) is 11.5 Å². The van der Waals surface area contributed by atoms with Gasteiger partial charge in [-0.15, -0.1) is 0 Å². The molecule has 2 heterocycles. The highest BCUT2D eigenvalue weighted by Crippen LogP contribution is 2.29. The van der Waals surface area contributed by atoms with Crippen molar-refractivity contribution < 1.29 is 18.9 Å². The van der Waals surface area contributed by atoms with Crippen LogP contribution in [-0.2, 0) is 22.4 Å². The number of anilines is 2. The summed E-state index contributed by atoms with van der Waals surface area (Å²) in [5, 5.41) is 5.53. The molecule has 0 saturated carbocycles. The summed E-state index contributed by atoms with van der Waals surface area (Å²) in [7, 11) is 1.22. The van der Waals surface area contributed by atoms with Gasteiger partial charge in [0.05, 0.1) is 12.8 Å². The van der Waals surface area contributed by atoms with E-state index in [4.69, 9.17) is 9.31 Å². The van der Waals surface area contributed by atoms with Crippen LogP contribution in [0.2, 0.25) is 0 Å². The van der Waals surface area contributed by atoms with Gasteiger partial charge in [0, 0.05) is 23.5 Å². The fourth-order valence-corrected chi connectivity index (χ4v) is 2.67. The van der Waals surface area contributed by atoms with E-state index in [0.717, 1.165) is 22.5 Å². The minimum Gasteiger partial charge on any atom is -0.526 e. The van der Waals surface area contributed by atoms with Gasteiger partial charge in [-0.3, -0.25) is 9.59 Å². The topological polar surface area (TPSA) is 76.7 Å². The molecule has 6 nitrogen and oxygen atoms in total. The smallest absolute Gasteiger partial charge is 0.526 e. The number of carbonyl (C=O) groups excluding carboxylic acids is 2. The Morgan fingerprint density at radius 3 is 1.74 bits per heavy atom. The highest BCUT2D eigenvalue weighted by molar-refractivity contribution is 6.20. The second-order valence-electron chi connectivity index (χ2n) is 5.42. The van der Waals surface area contributed by atoms with Gasteiger partial charge >= 0.3 is 7.69 Å². The molecule has 0 fully saturated rings. The first-order valence-electron chi connectivity index (χ1n) is 7.18. The maximum atomic E-state index is 11.3. The maximum Gasteiger partial charge on any atom is 0.658 e. The molecular formula is C16H12BN2O4. The lowest BCUT2D eigenvalue weighted by atomic mass is 10.1. The summed E-state index contributed by atoms with van der Waals surface area (Å²) in [6.45, 7) is 0. The van der Waals surface area contributed by atoms with Crippen molar-refractivity contribution in [3.8, 4) is 11.5 Å². The first-order valence-corrected chi connectivity index (χ1v) is 7.18. The number of nitrogens with one attached hydrogen (secondary N) is 2. The maximum absolute atomic E-state index is 11.3. The van der Waals surface area contributed by atoms with Gasteiger partial charge in [-0.1, -0.05) is 12.1 Å². The van der Waals surface area contributed by atoms with Gasteiger partial charge in [0.1, 0.15) is 11.5 Å². The molecule has 0 aromatic heterocycles. The summed E-state index contributed by atoms with van der Waals surface area (Å²) in [5.74, 6) is 1.11. The summed E-state index contributed by atoms with van der Waals surface area (Å²) in [4.78, 5) is 22.6. The van der Waals surface area contributed by atoms with Crippen LogP contribution < -0.4 is 19.9 Å². The normalized spacial score (nSPS) is 14.6.